The van der Waals surface area contributed by atoms with Crippen LogP contribution in [-0.4, -0.2) is 33.2 Å². The average Bonchev–Trinajstić information content (AvgIpc) is 3.00. The van der Waals surface area contributed by atoms with Gasteiger partial charge in [0.2, 0.25) is 5.91 Å². The number of amides is 1. The van der Waals surface area contributed by atoms with Crippen molar-refractivity contribution in [1.29, 1.82) is 0 Å². The third kappa shape index (κ3) is 3.59. The van der Waals surface area contributed by atoms with Crippen molar-refractivity contribution in [3.8, 4) is 0 Å². The van der Waals surface area contributed by atoms with Crippen LogP contribution >= 0.6 is 0 Å². The Hall–Kier alpha value is -2.63. The molecule has 1 aliphatic rings. The quantitative estimate of drug-likeness (QED) is 0.906. The number of aromatic nitrogens is 2. The highest BCUT2D eigenvalue weighted by atomic mass is 16.2. The number of nitrogens with zero attached hydrogens (tertiary/aromatic N) is 2. The fourth-order valence-corrected chi connectivity index (χ4v) is 3.07. The van der Waals surface area contributed by atoms with Crippen molar-refractivity contribution in [2.45, 2.75) is 31.8 Å². The van der Waals surface area contributed by atoms with Crippen LogP contribution in [0.25, 0.3) is 0 Å². The maximum atomic E-state index is 12.5. The van der Waals surface area contributed by atoms with Crippen molar-refractivity contribution in [2.24, 2.45) is 0 Å². The topological polar surface area (TPSA) is 75.2 Å². The highest BCUT2D eigenvalue weighted by Crippen LogP contribution is 2.21. The lowest BCUT2D eigenvalue weighted by molar-refractivity contribution is -0.132. The lowest BCUT2D eigenvalue weighted by atomic mass is 10.0. The summed E-state index contributed by atoms with van der Waals surface area (Å²) in [5.74, 6) is -0.132. The van der Waals surface area contributed by atoms with Gasteiger partial charge < -0.3 is 4.90 Å². The first-order chi connectivity index (χ1) is 11.1. The van der Waals surface area contributed by atoms with Crippen LogP contribution < -0.4 is 11.1 Å². The van der Waals surface area contributed by atoms with Crippen LogP contribution in [-0.2, 0) is 17.8 Å². The first-order valence-electron chi connectivity index (χ1n) is 7.77. The van der Waals surface area contributed by atoms with Gasteiger partial charge in [-0.2, -0.15) is 0 Å². The number of hydrogen-bond acceptors (Lipinski definition) is 3. The Balaban J connectivity index is 1.72. The molecule has 0 radical (unpaired) electrons. The van der Waals surface area contributed by atoms with E-state index in [1.165, 1.54) is 11.6 Å². The molecule has 120 valence electrons. The SMILES string of the molecule is O=C(Cn1[nH]c(=O)ccc1=O)N1CCC[C@@H]1Cc1ccccc1. The number of H-pyrrole nitrogens is 1. The van der Waals surface area contributed by atoms with E-state index in [-0.39, 0.29) is 29.6 Å². The number of carbonyl (C=O) groups is 1. The summed E-state index contributed by atoms with van der Waals surface area (Å²) in [5, 5.41) is 2.40. The molecule has 1 aromatic carbocycles. The minimum atomic E-state index is -0.389. The number of benzene rings is 1. The highest BCUT2D eigenvalue weighted by Gasteiger charge is 2.28. The largest absolute Gasteiger partial charge is 0.338 e. The number of aromatic amines is 1. The standard InChI is InChI=1S/C17H19N3O3/c21-15-8-9-16(22)20(18-15)12-17(23)19-10-4-7-14(19)11-13-5-2-1-3-6-13/h1-3,5-6,8-9,14H,4,7,10-12H2,(H,18,21)/t14-/m1/s1. The third-order valence-corrected chi connectivity index (χ3v) is 4.19. The molecule has 3 rings (SSSR count). The second-order valence-electron chi connectivity index (χ2n) is 5.81. The van der Waals surface area contributed by atoms with E-state index >= 15 is 0 Å². The molecule has 0 spiro atoms. The lowest BCUT2D eigenvalue weighted by Gasteiger charge is -2.25. The smallest absolute Gasteiger partial charge is 0.265 e. The fraction of sp³-hybridized carbons (Fsp3) is 0.353. The van der Waals surface area contributed by atoms with Gasteiger partial charge >= 0.3 is 0 Å². The Kier molecular flexibility index (Phi) is 4.41. The molecule has 2 aromatic rings. The molecule has 1 amide bonds. The van der Waals surface area contributed by atoms with Crippen LogP contribution in [0.1, 0.15) is 18.4 Å². The van der Waals surface area contributed by atoms with Crippen molar-refractivity contribution in [3.63, 3.8) is 0 Å². The third-order valence-electron chi connectivity index (χ3n) is 4.19. The molecule has 1 N–H and O–H groups in total. The van der Waals surface area contributed by atoms with Gasteiger partial charge in [0.25, 0.3) is 11.1 Å². The zero-order valence-electron chi connectivity index (χ0n) is 12.8. The van der Waals surface area contributed by atoms with Gasteiger partial charge in [-0.05, 0) is 24.8 Å². The molecule has 1 saturated heterocycles. The monoisotopic (exact) mass is 313 g/mol. The van der Waals surface area contributed by atoms with Gasteiger partial charge in [0.1, 0.15) is 6.54 Å². The normalized spacial score (nSPS) is 17.4. The Bertz CT molecular complexity index is 794. The summed E-state index contributed by atoms with van der Waals surface area (Å²) in [4.78, 5) is 37.4. The predicted octanol–water partition coefficient (Wildman–Crippen LogP) is 0.770. The Morgan fingerprint density at radius 2 is 1.91 bits per heavy atom. The van der Waals surface area contributed by atoms with E-state index in [2.05, 4.69) is 17.2 Å². The van der Waals surface area contributed by atoms with Gasteiger partial charge in [-0.15, -0.1) is 0 Å². The van der Waals surface area contributed by atoms with Gasteiger partial charge in [0, 0.05) is 24.7 Å². The van der Waals surface area contributed by atoms with E-state index in [1.807, 2.05) is 23.1 Å². The van der Waals surface area contributed by atoms with Crippen molar-refractivity contribution in [1.82, 2.24) is 14.7 Å². The van der Waals surface area contributed by atoms with Crippen LogP contribution in [0.15, 0.2) is 52.1 Å². The van der Waals surface area contributed by atoms with Crippen LogP contribution in [0.4, 0.5) is 0 Å². The molecule has 0 unspecified atom stereocenters. The van der Waals surface area contributed by atoms with E-state index in [1.54, 1.807) is 0 Å². The second-order valence-corrected chi connectivity index (χ2v) is 5.81. The Morgan fingerprint density at radius 3 is 2.70 bits per heavy atom. The summed E-state index contributed by atoms with van der Waals surface area (Å²) in [6.07, 6.45) is 2.73. The second kappa shape index (κ2) is 6.64. The van der Waals surface area contributed by atoms with E-state index in [4.69, 9.17) is 0 Å². The Labute approximate surface area is 133 Å². The summed E-state index contributed by atoms with van der Waals surface area (Å²) in [6.45, 7) is 0.572. The van der Waals surface area contributed by atoms with E-state index in [0.29, 0.717) is 6.54 Å². The van der Waals surface area contributed by atoms with Gasteiger partial charge in [0.15, 0.2) is 0 Å². The van der Waals surface area contributed by atoms with E-state index in [0.717, 1.165) is 30.0 Å². The zero-order chi connectivity index (χ0) is 16.2. The van der Waals surface area contributed by atoms with Gasteiger partial charge in [-0.25, -0.2) is 4.68 Å². The number of carbonyl (C=O) groups excluding carboxylic acids is 1. The lowest BCUT2D eigenvalue weighted by Crippen LogP contribution is -2.41. The molecule has 1 fully saturated rings. The number of likely N-dealkylation sites (tertiary alicyclic amines) is 1. The zero-order valence-corrected chi connectivity index (χ0v) is 12.8. The van der Waals surface area contributed by atoms with Crippen LogP contribution in [0.3, 0.4) is 0 Å². The van der Waals surface area contributed by atoms with Gasteiger partial charge in [0.05, 0.1) is 0 Å². The molecule has 1 aliphatic heterocycles. The van der Waals surface area contributed by atoms with Gasteiger partial charge in [-0.3, -0.25) is 19.5 Å². The average molecular weight is 313 g/mol. The summed E-state index contributed by atoms with van der Waals surface area (Å²) in [7, 11) is 0. The van der Waals surface area contributed by atoms with Gasteiger partial charge in [-0.1, -0.05) is 30.3 Å². The molecule has 0 saturated carbocycles. The molecule has 6 heteroatoms. The number of hydrogen-bond donors (Lipinski definition) is 1. The minimum Gasteiger partial charge on any atom is -0.338 e. The van der Waals surface area contributed by atoms with Crippen LogP contribution in [0.2, 0.25) is 0 Å². The molecular formula is C17H19N3O3. The molecule has 1 aromatic heterocycles. The van der Waals surface area contributed by atoms with Crippen LogP contribution in [0, 0.1) is 0 Å². The highest BCUT2D eigenvalue weighted by molar-refractivity contribution is 5.76. The minimum absolute atomic E-state index is 0.125. The molecule has 23 heavy (non-hydrogen) atoms. The maximum absolute atomic E-state index is 12.5. The Morgan fingerprint density at radius 1 is 1.13 bits per heavy atom. The molecule has 1 atom stereocenters. The van der Waals surface area contributed by atoms with Crippen molar-refractivity contribution in [3.05, 3.63) is 68.7 Å². The number of nitrogens with one attached hydrogen (secondary N) is 1. The first-order valence-corrected chi connectivity index (χ1v) is 7.77. The summed E-state index contributed by atoms with van der Waals surface area (Å²) >= 11 is 0. The predicted molar refractivity (Wildman–Crippen MR) is 86.2 cm³/mol. The molecule has 2 heterocycles. The molecular weight excluding hydrogens is 294 g/mol. The number of rotatable bonds is 4. The van der Waals surface area contributed by atoms with Crippen molar-refractivity contribution >= 4 is 5.91 Å². The summed E-state index contributed by atoms with van der Waals surface area (Å²) < 4.78 is 1.07. The van der Waals surface area contributed by atoms with Crippen LogP contribution in [0.5, 0.6) is 0 Å². The first kappa shape index (κ1) is 15.3. The summed E-state index contributed by atoms with van der Waals surface area (Å²) in [6, 6.07) is 12.6. The molecule has 0 aliphatic carbocycles. The maximum Gasteiger partial charge on any atom is 0.265 e. The molecule has 6 nitrogen and oxygen atoms in total. The summed E-state index contributed by atoms with van der Waals surface area (Å²) in [5.41, 5.74) is 0.430. The van der Waals surface area contributed by atoms with Crippen molar-refractivity contribution < 1.29 is 4.79 Å². The fourth-order valence-electron chi connectivity index (χ4n) is 3.07. The molecule has 0 bridgehead atoms. The van der Waals surface area contributed by atoms with E-state index < -0.39 is 0 Å². The van der Waals surface area contributed by atoms with E-state index in [9.17, 15) is 14.4 Å². The van der Waals surface area contributed by atoms with Crippen molar-refractivity contribution in [2.75, 3.05) is 6.54 Å².